The van der Waals surface area contributed by atoms with Gasteiger partial charge in [-0.05, 0) is 12.1 Å². The SMILES string of the molecule is CC(CNC(=O)c1cnc2cccnn12)C(=O)O. The van der Waals surface area contributed by atoms with Gasteiger partial charge in [-0.25, -0.2) is 9.50 Å². The molecule has 0 aliphatic rings. The van der Waals surface area contributed by atoms with Gasteiger partial charge in [0, 0.05) is 12.7 Å². The molecule has 0 saturated heterocycles. The van der Waals surface area contributed by atoms with Crippen LogP contribution in [0.15, 0.2) is 24.5 Å². The molecule has 1 atom stereocenters. The van der Waals surface area contributed by atoms with Crippen molar-refractivity contribution in [3.63, 3.8) is 0 Å². The number of rotatable bonds is 4. The van der Waals surface area contributed by atoms with Gasteiger partial charge < -0.3 is 10.4 Å². The van der Waals surface area contributed by atoms with Crippen molar-refractivity contribution in [1.29, 1.82) is 0 Å². The third-order valence-electron chi connectivity index (χ3n) is 2.50. The number of hydrogen-bond donors (Lipinski definition) is 2. The van der Waals surface area contributed by atoms with Gasteiger partial charge in [-0.3, -0.25) is 9.59 Å². The zero-order chi connectivity index (χ0) is 13.1. The predicted molar refractivity (Wildman–Crippen MR) is 62.1 cm³/mol. The van der Waals surface area contributed by atoms with E-state index in [1.165, 1.54) is 17.6 Å². The molecule has 0 fully saturated rings. The average Bonchev–Trinajstić information content (AvgIpc) is 2.79. The lowest BCUT2D eigenvalue weighted by Gasteiger charge is -2.07. The lowest BCUT2D eigenvalue weighted by Crippen LogP contribution is -2.32. The fraction of sp³-hybridized carbons (Fsp3) is 0.273. The lowest BCUT2D eigenvalue weighted by atomic mass is 10.2. The Labute approximate surface area is 102 Å². The first-order chi connectivity index (χ1) is 8.59. The van der Waals surface area contributed by atoms with Crippen molar-refractivity contribution in [2.24, 2.45) is 5.92 Å². The highest BCUT2D eigenvalue weighted by atomic mass is 16.4. The van der Waals surface area contributed by atoms with Crippen LogP contribution in [0.5, 0.6) is 0 Å². The number of nitrogens with one attached hydrogen (secondary N) is 1. The summed E-state index contributed by atoms with van der Waals surface area (Å²) in [6, 6.07) is 3.44. The number of imidazole rings is 1. The Hall–Kier alpha value is -2.44. The summed E-state index contributed by atoms with van der Waals surface area (Å²) in [7, 11) is 0. The summed E-state index contributed by atoms with van der Waals surface area (Å²) in [5, 5.41) is 15.3. The second kappa shape index (κ2) is 4.82. The summed E-state index contributed by atoms with van der Waals surface area (Å²) in [4.78, 5) is 26.5. The van der Waals surface area contributed by atoms with E-state index < -0.39 is 17.8 Å². The number of aromatic nitrogens is 3. The molecule has 7 nitrogen and oxygen atoms in total. The van der Waals surface area contributed by atoms with Crippen molar-refractivity contribution in [2.45, 2.75) is 6.92 Å². The molecule has 2 rings (SSSR count). The van der Waals surface area contributed by atoms with Crippen LogP contribution in [-0.2, 0) is 4.79 Å². The molecule has 0 radical (unpaired) electrons. The van der Waals surface area contributed by atoms with E-state index in [4.69, 9.17) is 5.11 Å². The highest BCUT2D eigenvalue weighted by molar-refractivity contribution is 5.93. The maximum atomic E-state index is 11.8. The number of carboxylic acid groups (broad SMARTS) is 1. The average molecular weight is 248 g/mol. The van der Waals surface area contributed by atoms with Crippen LogP contribution in [0, 0.1) is 5.92 Å². The predicted octanol–water partition coefficient (Wildman–Crippen LogP) is 0.180. The first-order valence-corrected chi connectivity index (χ1v) is 5.39. The molecule has 18 heavy (non-hydrogen) atoms. The Bertz CT molecular complexity index is 593. The van der Waals surface area contributed by atoms with E-state index in [9.17, 15) is 9.59 Å². The van der Waals surface area contributed by atoms with Crippen LogP contribution in [-0.4, -0.2) is 38.1 Å². The van der Waals surface area contributed by atoms with Crippen LogP contribution >= 0.6 is 0 Å². The molecule has 2 N–H and O–H groups in total. The topological polar surface area (TPSA) is 96.6 Å². The molecular weight excluding hydrogens is 236 g/mol. The monoisotopic (exact) mass is 248 g/mol. The largest absolute Gasteiger partial charge is 0.481 e. The Kier molecular flexibility index (Phi) is 3.22. The summed E-state index contributed by atoms with van der Waals surface area (Å²) in [6.45, 7) is 1.59. The fourth-order valence-electron chi connectivity index (χ4n) is 1.41. The molecule has 94 valence electrons. The van der Waals surface area contributed by atoms with E-state index in [0.29, 0.717) is 5.65 Å². The second-order valence-electron chi connectivity index (χ2n) is 3.89. The first-order valence-electron chi connectivity index (χ1n) is 5.39. The minimum atomic E-state index is -0.952. The van der Waals surface area contributed by atoms with Crippen molar-refractivity contribution < 1.29 is 14.7 Å². The van der Waals surface area contributed by atoms with Gasteiger partial charge in [-0.15, -0.1) is 0 Å². The molecule has 0 spiro atoms. The standard InChI is InChI=1S/C11H12N4O3/c1-7(11(17)18)5-13-10(16)8-6-12-9-3-2-4-14-15(8)9/h2-4,6-7H,5H2,1H3,(H,13,16)(H,17,18). The quantitative estimate of drug-likeness (QED) is 0.804. The third-order valence-corrected chi connectivity index (χ3v) is 2.50. The number of amides is 1. The van der Waals surface area contributed by atoms with Gasteiger partial charge in [-0.1, -0.05) is 6.92 Å². The van der Waals surface area contributed by atoms with Gasteiger partial charge >= 0.3 is 5.97 Å². The Morgan fingerprint density at radius 1 is 1.56 bits per heavy atom. The van der Waals surface area contributed by atoms with E-state index in [2.05, 4.69) is 15.4 Å². The molecule has 1 amide bonds. The Balaban J connectivity index is 2.12. The zero-order valence-electron chi connectivity index (χ0n) is 9.70. The van der Waals surface area contributed by atoms with Gasteiger partial charge in [0.25, 0.3) is 5.91 Å². The van der Waals surface area contributed by atoms with Crippen LogP contribution in [0.3, 0.4) is 0 Å². The number of hydrogen-bond acceptors (Lipinski definition) is 4. The molecular formula is C11H12N4O3. The number of aliphatic carboxylic acids is 1. The molecule has 1 unspecified atom stereocenters. The fourth-order valence-corrected chi connectivity index (χ4v) is 1.41. The van der Waals surface area contributed by atoms with Crippen molar-refractivity contribution in [3.8, 4) is 0 Å². The minimum absolute atomic E-state index is 0.0637. The smallest absolute Gasteiger partial charge is 0.308 e. The number of carbonyl (C=O) groups excluding carboxylic acids is 1. The van der Waals surface area contributed by atoms with E-state index in [-0.39, 0.29) is 12.2 Å². The van der Waals surface area contributed by atoms with Gasteiger partial charge in [0.05, 0.1) is 12.1 Å². The molecule has 0 saturated carbocycles. The second-order valence-corrected chi connectivity index (χ2v) is 3.89. The summed E-state index contributed by atoms with van der Waals surface area (Å²) in [6.07, 6.45) is 2.95. The maximum absolute atomic E-state index is 11.8. The maximum Gasteiger partial charge on any atom is 0.308 e. The van der Waals surface area contributed by atoms with Crippen LogP contribution in [0.25, 0.3) is 5.65 Å². The summed E-state index contributed by atoms with van der Waals surface area (Å²) in [5.74, 6) is -1.98. The van der Waals surface area contributed by atoms with E-state index in [0.717, 1.165) is 0 Å². The Morgan fingerprint density at radius 3 is 3.06 bits per heavy atom. The van der Waals surface area contributed by atoms with Gasteiger partial charge in [0.2, 0.25) is 0 Å². The van der Waals surface area contributed by atoms with Crippen LogP contribution < -0.4 is 5.32 Å². The molecule has 0 bridgehead atoms. The molecule has 2 aromatic rings. The highest BCUT2D eigenvalue weighted by Crippen LogP contribution is 2.03. The molecule has 7 heteroatoms. The Morgan fingerprint density at radius 2 is 2.33 bits per heavy atom. The van der Waals surface area contributed by atoms with E-state index in [1.807, 2.05) is 0 Å². The van der Waals surface area contributed by atoms with Crippen LogP contribution in [0.2, 0.25) is 0 Å². The van der Waals surface area contributed by atoms with Gasteiger partial charge in [0.15, 0.2) is 5.65 Å². The zero-order valence-corrected chi connectivity index (χ0v) is 9.70. The lowest BCUT2D eigenvalue weighted by molar-refractivity contribution is -0.140. The molecule has 0 aliphatic heterocycles. The minimum Gasteiger partial charge on any atom is -0.481 e. The third kappa shape index (κ3) is 2.29. The summed E-state index contributed by atoms with van der Waals surface area (Å²) < 4.78 is 1.40. The first kappa shape index (κ1) is 12.0. The van der Waals surface area contributed by atoms with E-state index in [1.54, 1.807) is 18.3 Å². The van der Waals surface area contributed by atoms with Crippen LogP contribution in [0.1, 0.15) is 17.4 Å². The van der Waals surface area contributed by atoms with Crippen molar-refractivity contribution >= 4 is 17.5 Å². The summed E-state index contributed by atoms with van der Waals surface area (Å²) in [5.41, 5.74) is 0.845. The molecule has 2 heterocycles. The summed E-state index contributed by atoms with van der Waals surface area (Å²) >= 11 is 0. The number of carbonyl (C=O) groups is 2. The van der Waals surface area contributed by atoms with Crippen LogP contribution in [0.4, 0.5) is 0 Å². The number of carboxylic acids is 1. The van der Waals surface area contributed by atoms with Crippen molar-refractivity contribution in [1.82, 2.24) is 19.9 Å². The number of nitrogens with zero attached hydrogens (tertiary/aromatic N) is 3. The molecule has 0 aliphatic carbocycles. The molecule has 0 aromatic carbocycles. The molecule has 2 aromatic heterocycles. The van der Waals surface area contributed by atoms with E-state index >= 15 is 0 Å². The highest BCUT2D eigenvalue weighted by Gasteiger charge is 2.16. The van der Waals surface area contributed by atoms with Crippen molar-refractivity contribution in [2.75, 3.05) is 6.54 Å². The van der Waals surface area contributed by atoms with Gasteiger partial charge in [0.1, 0.15) is 5.69 Å². The van der Waals surface area contributed by atoms with Crippen molar-refractivity contribution in [3.05, 3.63) is 30.2 Å². The number of fused-ring (bicyclic) bond motifs is 1. The van der Waals surface area contributed by atoms with Gasteiger partial charge in [-0.2, -0.15) is 5.10 Å². The normalized spacial score (nSPS) is 12.3.